The predicted molar refractivity (Wildman–Crippen MR) is 82.7 cm³/mol. The van der Waals surface area contributed by atoms with E-state index in [4.69, 9.17) is 9.47 Å². The first-order valence-electron chi connectivity index (χ1n) is 7.67. The van der Waals surface area contributed by atoms with Gasteiger partial charge in [-0.25, -0.2) is 4.79 Å². The number of fused-ring (bicyclic) bond motifs is 1. The van der Waals surface area contributed by atoms with Crippen molar-refractivity contribution in [2.24, 2.45) is 0 Å². The van der Waals surface area contributed by atoms with Crippen LogP contribution in [0.15, 0.2) is 18.2 Å². The van der Waals surface area contributed by atoms with Crippen LogP contribution in [-0.2, 0) is 22.4 Å². The minimum Gasteiger partial charge on any atom is -0.491 e. The van der Waals surface area contributed by atoms with Gasteiger partial charge in [0, 0.05) is 0 Å². The van der Waals surface area contributed by atoms with Gasteiger partial charge in [-0.05, 0) is 62.4 Å². The van der Waals surface area contributed by atoms with E-state index in [1.807, 2.05) is 13.0 Å². The van der Waals surface area contributed by atoms with E-state index >= 15 is 0 Å². The normalized spacial score (nSPS) is 16.1. The van der Waals surface area contributed by atoms with Crippen LogP contribution in [0.3, 0.4) is 0 Å². The quantitative estimate of drug-likeness (QED) is 0.784. The van der Waals surface area contributed by atoms with E-state index in [1.165, 1.54) is 24.7 Å². The number of nitrogens with one attached hydrogen (secondary N) is 1. The lowest BCUT2D eigenvalue weighted by molar-refractivity contribution is -0.149. The highest BCUT2D eigenvalue weighted by atomic mass is 16.5. The smallest absolute Gasteiger partial charge is 0.329 e. The fourth-order valence-electron chi connectivity index (χ4n) is 2.67. The zero-order chi connectivity index (χ0) is 15.3. The highest BCUT2D eigenvalue weighted by Gasteiger charge is 2.34. The molecule has 1 aromatic rings. The number of esters is 1. The lowest BCUT2D eigenvalue weighted by Crippen LogP contribution is -2.54. The van der Waals surface area contributed by atoms with Crippen molar-refractivity contribution < 1.29 is 14.3 Å². The van der Waals surface area contributed by atoms with Crippen molar-refractivity contribution in [1.82, 2.24) is 5.32 Å². The number of hydrogen-bond acceptors (Lipinski definition) is 4. The zero-order valence-corrected chi connectivity index (χ0v) is 13.2. The van der Waals surface area contributed by atoms with Gasteiger partial charge in [0.25, 0.3) is 0 Å². The molecule has 1 unspecified atom stereocenters. The maximum Gasteiger partial charge on any atom is 0.329 e. The Morgan fingerprint density at radius 1 is 1.33 bits per heavy atom. The summed E-state index contributed by atoms with van der Waals surface area (Å²) in [7, 11) is 1.41. The highest BCUT2D eigenvalue weighted by Crippen LogP contribution is 2.26. The molecule has 0 spiro atoms. The minimum absolute atomic E-state index is 0.262. The lowest BCUT2D eigenvalue weighted by atomic mass is 10.0. The van der Waals surface area contributed by atoms with E-state index in [-0.39, 0.29) is 12.6 Å². The maximum absolute atomic E-state index is 12.0. The Bertz CT molecular complexity index is 501. The van der Waals surface area contributed by atoms with Crippen molar-refractivity contribution in [3.63, 3.8) is 0 Å². The molecule has 1 aromatic carbocycles. The van der Waals surface area contributed by atoms with E-state index in [1.54, 1.807) is 0 Å². The molecule has 0 aromatic heterocycles. The van der Waals surface area contributed by atoms with Crippen LogP contribution in [0.5, 0.6) is 5.75 Å². The van der Waals surface area contributed by atoms with Gasteiger partial charge in [-0.1, -0.05) is 13.0 Å². The summed E-state index contributed by atoms with van der Waals surface area (Å²) in [6.07, 6.45) is 4.45. The Morgan fingerprint density at radius 3 is 2.81 bits per heavy atom. The van der Waals surface area contributed by atoms with Crippen LogP contribution in [0, 0.1) is 0 Å². The van der Waals surface area contributed by atoms with E-state index in [2.05, 4.69) is 24.4 Å². The largest absolute Gasteiger partial charge is 0.491 e. The van der Waals surface area contributed by atoms with Crippen molar-refractivity contribution in [1.29, 1.82) is 0 Å². The molecule has 1 aliphatic rings. The Balaban J connectivity index is 2.02. The summed E-state index contributed by atoms with van der Waals surface area (Å²) >= 11 is 0. The summed E-state index contributed by atoms with van der Waals surface area (Å²) in [5.41, 5.74) is 1.97. The number of aryl methyl sites for hydroxylation is 2. The molecule has 116 valence electrons. The molecule has 0 saturated heterocycles. The molecule has 0 saturated carbocycles. The molecular weight excluding hydrogens is 266 g/mol. The number of hydrogen-bond donors (Lipinski definition) is 1. The molecule has 0 heterocycles. The summed E-state index contributed by atoms with van der Waals surface area (Å²) in [6.45, 7) is 4.89. The summed E-state index contributed by atoms with van der Waals surface area (Å²) < 4.78 is 10.7. The molecule has 4 heteroatoms. The van der Waals surface area contributed by atoms with Gasteiger partial charge in [0.05, 0.1) is 7.11 Å². The molecule has 0 bridgehead atoms. The van der Waals surface area contributed by atoms with Crippen LogP contribution in [0.25, 0.3) is 0 Å². The molecule has 2 rings (SSSR count). The Hall–Kier alpha value is -1.55. The lowest BCUT2D eigenvalue weighted by Gasteiger charge is -2.28. The average molecular weight is 291 g/mol. The summed E-state index contributed by atoms with van der Waals surface area (Å²) in [5.74, 6) is 0.529. The van der Waals surface area contributed by atoms with E-state index in [0.29, 0.717) is 0 Å². The predicted octanol–water partition coefficient (Wildman–Crippen LogP) is 2.49. The van der Waals surface area contributed by atoms with Crippen molar-refractivity contribution in [2.75, 3.05) is 20.3 Å². The van der Waals surface area contributed by atoms with Gasteiger partial charge >= 0.3 is 5.97 Å². The van der Waals surface area contributed by atoms with Crippen LogP contribution in [-0.4, -0.2) is 31.8 Å². The van der Waals surface area contributed by atoms with Crippen molar-refractivity contribution in [3.05, 3.63) is 29.3 Å². The Kier molecular flexibility index (Phi) is 5.23. The number of benzene rings is 1. The first-order valence-corrected chi connectivity index (χ1v) is 7.67. The van der Waals surface area contributed by atoms with Gasteiger partial charge in [0.2, 0.25) is 0 Å². The number of carbonyl (C=O) groups excluding carboxylic acids is 1. The van der Waals surface area contributed by atoms with Gasteiger partial charge < -0.3 is 9.47 Å². The second-order valence-corrected chi connectivity index (χ2v) is 5.82. The monoisotopic (exact) mass is 291 g/mol. The highest BCUT2D eigenvalue weighted by molar-refractivity contribution is 5.80. The zero-order valence-electron chi connectivity index (χ0n) is 13.2. The SMILES string of the molecule is CCCNC(C)(COc1ccc2c(c1)CCC2)C(=O)OC. The third-order valence-corrected chi connectivity index (χ3v) is 4.00. The molecule has 0 radical (unpaired) electrons. The van der Waals surface area contributed by atoms with Gasteiger partial charge in [0.15, 0.2) is 0 Å². The van der Waals surface area contributed by atoms with Crippen LogP contribution in [0.4, 0.5) is 0 Å². The first-order chi connectivity index (χ1) is 10.1. The molecule has 1 aliphatic carbocycles. The molecular formula is C17H25NO3. The van der Waals surface area contributed by atoms with Gasteiger partial charge in [-0.3, -0.25) is 5.32 Å². The Labute approximate surface area is 126 Å². The van der Waals surface area contributed by atoms with Crippen LogP contribution in [0.1, 0.15) is 37.8 Å². The second-order valence-electron chi connectivity index (χ2n) is 5.82. The molecule has 1 atom stereocenters. The second kappa shape index (κ2) is 6.94. The first kappa shape index (κ1) is 15.8. The number of carbonyl (C=O) groups is 1. The van der Waals surface area contributed by atoms with Gasteiger partial charge in [0.1, 0.15) is 17.9 Å². The van der Waals surface area contributed by atoms with E-state index in [0.717, 1.165) is 31.6 Å². The topological polar surface area (TPSA) is 47.6 Å². The summed E-state index contributed by atoms with van der Waals surface area (Å²) in [6, 6.07) is 6.22. The van der Waals surface area contributed by atoms with Crippen molar-refractivity contribution in [2.45, 2.75) is 45.1 Å². The molecule has 1 N–H and O–H groups in total. The van der Waals surface area contributed by atoms with Crippen molar-refractivity contribution >= 4 is 5.97 Å². The molecule has 0 amide bonds. The number of methoxy groups -OCH3 is 1. The summed E-state index contributed by atoms with van der Waals surface area (Å²) in [4.78, 5) is 12.0. The third kappa shape index (κ3) is 3.76. The van der Waals surface area contributed by atoms with Gasteiger partial charge in [-0.15, -0.1) is 0 Å². The van der Waals surface area contributed by atoms with Crippen LogP contribution in [0.2, 0.25) is 0 Å². The fourth-order valence-corrected chi connectivity index (χ4v) is 2.67. The number of ether oxygens (including phenoxy) is 2. The summed E-state index contributed by atoms with van der Waals surface area (Å²) in [5, 5.41) is 3.22. The van der Waals surface area contributed by atoms with Crippen LogP contribution >= 0.6 is 0 Å². The van der Waals surface area contributed by atoms with Gasteiger partial charge in [-0.2, -0.15) is 0 Å². The van der Waals surface area contributed by atoms with E-state index < -0.39 is 5.54 Å². The van der Waals surface area contributed by atoms with Crippen molar-refractivity contribution in [3.8, 4) is 5.75 Å². The molecule has 4 nitrogen and oxygen atoms in total. The van der Waals surface area contributed by atoms with E-state index in [9.17, 15) is 4.79 Å². The van der Waals surface area contributed by atoms with Crippen LogP contribution < -0.4 is 10.1 Å². The minimum atomic E-state index is -0.816. The maximum atomic E-state index is 12.0. The Morgan fingerprint density at radius 2 is 2.10 bits per heavy atom. The average Bonchev–Trinajstić information content (AvgIpc) is 2.97. The third-order valence-electron chi connectivity index (χ3n) is 4.00. The molecule has 0 fully saturated rings. The fraction of sp³-hybridized carbons (Fsp3) is 0.588. The molecule has 0 aliphatic heterocycles. The molecule has 21 heavy (non-hydrogen) atoms. The standard InChI is InChI=1S/C17H25NO3/c1-4-10-18-17(2,16(19)20-3)12-21-15-9-8-13-6-5-7-14(13)11-15/h8-9,11,18H,4-7,10,12H2,1-3H3. The number of rotatable bonds is 7.